The van der Waals surface area contributed by atoms with Crippen molar-refractivity contribution in [3.8, 4) is 10.9 Å². The first-order valence-electron chi connectivity index (χ1n) is 9.92. The molecule has 1 aliphatic carbocycles. The smallest absolute Gasteiger partial charge is 0.387 e. The lowest BCUT2D eigenvalue weighted by molar-refractivity contribution is -0.0499. The maximum atomic E-state index is 12.7. The van der Waals surface area contributed by atoms with Gasteiger partial charge in [-0.25, -0.2) is 9.97 Å². The summed E-state index contributed by atoms with van der Waals surface area (Å²) in [6.45, 7) is -1.31. The second-order valence-corrected chi connectivity index (χ2v) is 9.36. The fraction of sp³-hybridized carbons (Fsp3) is 0.350. The Morgan fingerprint density at radius 1 is 1.30 bits per heavy atom. The van der Waals surface area contributed by atoms with Crippen LogP contribution in [0.15, 0.2) is 35.2 Å². The first kappa shape index (κ1) is 23.2. The van der Waals surface area contributed by atoms with Crippen molar-refractivity contribution in [2.45, 2.75) is 38.5 Å². The van der Waals surface area contributed by atoms with Gasteiger partial charge in [0.15, 0.2) is 5.82 Å². The molecule has 1 saturated carbocycles. The van der Waals surface area contributed by atoms with Gasteiger partial charge in [0.05, 0.1) is 12.2 Å². The van der Waals surface area contributed by atoms with Gasteiger partial charge in [-0.3, -0.25) is 9.59 Å². The molecule has 0 aliphatic heterocycles. The predicted molar refractivity (Wildman–Crippen MR) is 119 cm³/mol. The normalized spacial score (nSPS) is 14.2. The molecule has 1 aliphatic rings. The Morgan fingerprint density at radius 3 is 2.76 bits per heavy atom. The Kier molecular flexibility index (Phi) is 6.70. The van der Waals surface area contributed by atoms with Crippen molar-refractivity contribution in [3.63, 3.8) is 0 Å². The Morgan fingerprint density at radius 2 is 2.06 bits per heavy atom. The molecule has 1 aromatic carbocycles. The van der Waals surface area contributed by atoms with Gasteiger partial charge >= 0.3 is 6.61 Å². The van der Waals surface area contributed by atoms with Crippen molar-refractivity contribution in [2.24, 2.45) is 0 Å². The van der Waals surface area contributed by atoms with Crippen LogP contribution in [-0.4, -0.2) is 56.2 Å². The first-order valence-corrected chi connectivity index (χ1v) is 11.5. The van der Waals surface area contributed by atoms with Gasteiger partial charge in [0.25, 0.3) is 11.8 Å². The van der Waals surface area contributed by atoms with Crippen molar-refractivity contribution < 1.29 is 23.1 Å². The molecular weight excluding hydrogens is 522 g/mol. The second kappa shape index (κ2) is 9.51. The highest BCUT2D eigenvalue weighted by Crippen LogP contribution is 2.29. The van der Waals surface area contributed by atoms with Crippen LogP contribution in [0.2, 0.25) is 0 Å². The van der Waals surface area contributed by atoms with E-state index in [-0.39, 0.29) is 23.3 Å². The summed E-state index contributed by atoms with van der Waals surface area (Å²) in [7, 11) is 1.78. The Balaban J connectivity index is 1.49. The summed E-state index contributed by atoms with van der Waals surface area (Å²) in [6.07, 6.45) is 4.84. The van der Waals surface area contributed by atoms with Gasteiger partial charge in [-0.05, 0) is 38.0 Å². The van der Waals surface area contributed by atoms with Crippen molar-refractivity contribution in [1.82, 2.24) is 30.0 Å². The van der Waals surface area contributed by atoms with E-state index in [1.54, 1.807) is 18.9 Å². The molecule has 0 unspecified atom stereocenters. The summed E-state index contributed by atoms with van der Waals surface area (Å²) in [5.41, 5.74) is 0.128. The number of benzene rings is 1. The molecule has 9 nitrogen and oxygen atoms in total. The number of carbonyl (C=O) groups is 2. The molecule has 33 heavy (non-hydrogen) atoms. The molecule has 4 rings (SSSR count). The van der Waals surface area contributed by atoms with Gasteiger partial charge in [-0.15, -0.1) is 0 Å². The summed E-state index contributed by atoms with van der Waals surface area (Å²) in [5.74, 6) is -0.359. The van der Waals surface area contributed by atoms with E-state index in [2.05, 4.69) is 41.1 Å². The van der Waals surface area contributed by atoms with Crippen LogP contribution in [-0.2, 0) is 0 Å². The fourth-order valence-corrected chi connectivity index (χ4v) is 4.50. The van der Waals surface area contributed by atoms with Crippen LogP contribution in [0, 0.1) is 0 Å². The number of hydrogen-bond donors (Lipinski definition) is 1. The molecular formula is C20H19BrF2N6O3S. The lowest BCUT2D eigenvalue weighted by Crippen LogP contribution is -2.28. The minimum absolute atomic E-state index is 0.0965. The number of halogens is 3. The summed E-state index contributed by atoms with van der Waals surface area (Å²) < 4.78 is 31.3. The number of rotatable bonds is 8. The van der Waals surface area contributed by atoms with E-state index in [1.165, 1.54) is 46.7 Å². The minimum atomic E-state index is -3.01. The van der Waals surface area contributed by atoms with Crippen molar-refractivity contribution in [3.05, 3.63) is 51.5 Å². The molecule has 2 aromatic heterocycles. The fourth-order valence-electron chi connectivity index (χ4n) is 3.17. The maximum Gasteiger partial charge on any atom is 0.387 e. The molecule has 1 fully saturated rings. The van der Waals surface area contributed by atoms with E-state index in [1.807, 2.05) is 0 Å². The standard InChI is InChI=1S/C20H19BrF2N6O3S/c1-10(27-17(30)11-5-12(21)7-14(6-11)32-19(22)23)16-25-9-26-29(16)20-24-8-15(33-20)18(31)28(2)13-3-4-13/h5-10,13,19H,3-4H2,1-2H3,(H,27,30)/t10-/m0/s1. The molecule has 0 radical (unpaired) electrons. The largest absolute Gasteiger partial charge is 0.435 e. The number of alkyl halides is 2. The SMILES string of the molecule is C[C@H](NC(=O)c1cc(Br)cc(OC(F)F)c1)c1ncnn1-c1ncc(C(=O)N(C)C2CC2)s1. The van der Waals surface area contributed by atoms with Crippen molar-refractivity contribution >= 4 is 39.1 Å². The lowest BCUT2D eigenvalue weighted by atomic mass is 10.2. The third-order valence-electron chi connectivity index (χ3n) is 4.97. The number of aromatic nitrogens is 4. The lowest BCUT2D eigenvalue weighted by Gasteiger charge is -2.15. The molecule has 3 aromatic rings. The Labute approximate surface area is 199 Å². The molecule has 1 N–H and O–H groups in total. The molecule has 1 atom stereocenters. The van der Waals surface area contributed by atoms with E-state index < -0.39 is 18.6 Å². The average Bonchev–Trinajstić information content (AvgIpc) is 3.28. The Bertz CT molecular complexity index is 1180. The van der Waals surface area contributed by atoms with Crippen LogP contribution in [0.5, 0.6) is 5.75 Å². The van der Waals surface area contributed by atoms with Gasteiger partial charge in [0, 0.05) is 23.1 Å². The molecule has 2 amide bonds. The van der Waals surface area contributed by atoms with Crippen LogP contribution in [0.3, 0.4) is 0 Å². The monoisotopic (exact) mass is 540 g/mol. The molecule has 0 saturated heterocycles. The third-order valence-corrected chi connectivity index (χ3v) is 6.39. The van der Waals surface area contributed by atoms with Crippen LogP contribution in [0.4, 0.5) is 8.78 Å². The van der Waals surface area contributed by atoms with Gasteiger partial charge in [-0.1, -0.05) is 27.3 Å². The maximum absolute atomic E-state index is 12.7. The van der Waals surface area contributed by atoms with Crippen LogP contribution in [0.1, 0.15) is 51.7 Å². The zero-order chi connectivity index (χ0) is 23.7. The van der Waals surface area contributed by atoms with Gasteiger partial charge in [-0.2, -0.15) is 18.6 Å². The van der Waals surface area contributed by atoms with Gasteiger partial charge < -0.3 is 15.0 Å². The van der Waals surface area contributed by atoms with Crippen LogP contribution >= 0.6 is 27.3 Å². The predicted octanol–water partition coefficient (Wildman–Crippen LogP) is 3.81. The average molecular weight is 541 g/mol. The van der Waals surface area contributed by atoms with Gasteiger partial charge in [0.1, 0.15) is 17.0 Å². The van der Waals surface area contributed by atoms with E-state index in [9.17, 15) is 18.4 Å². The molecule has 0 bridgehead atoms. The number of nitrogens with zero attached hydrogens (tertiary/aromatic N) is 5. The number of thiazole rings is 1. The molecule has 0 spiro atoms. The highest BCUT2D eigenvalue weighted by atomic mass is 79.9. The van der Waals surface area contributed by atoms with E-state index in [4.69, 9.17) is 0 Å². The second-order valence-electron chi connectivity index (χ2n) is 7.43. The highest BCUT2D eigenvalue weighted by Gasteiger charge is 2.31. The molecule has 2 heterocycles. The van der Waals surface area contributed by atoms with E-state index in [0.29, 0.717) is 20.3 Å². The Hall–Kier alpha value is -2.93. The quantitative estimate of drug-likeness (QED) is 0.466. The van der Waals surface area contributed by atoms with Crippen LogP contribution < -0.4 is 10.1 Å². The number of hydrogen-bond acceptors (Lipinski definition) is 7. The number of amides is 2. The first-order chi connectivity index (χ1) is 15.7. The van der Waals surface area contributed by atoms with Gasteiger partial charge in [0.2, 0.25) is 5.13 Å². The summed E-state index contributed by atoms with van der Waals surface area (Å²) >= 11 is 4.37. The molecule has 174 valence electrons. The van der Waals surface area contributed by atoms with Crippen LogP contribution in [0.25, 0.3) is 5.13 Å². The van der Waals surface area contributed by atoms with Crippen molar-refractivity contribution in [1.29, 1.82) is 0 Å². The number of ether oxygens (including phenoxy) is 1. The minimum Gasteiger partial charge on any atom is -0.435 e. The zero-order valence-electron chi connectivity index (χ0n) is 17.5. The van der Waals surface area contributed by atoms with Crippen molar-refractivity contribution in [2.75, 3.05) is 7.05 Å². The van der Waals surface area contributed by atoms with E-state index >= 15 is 0 Å². The highest BCUT2D eigenvalue weighted by molar-refractivity contribution is 9.10. The van der Waals surface area contributed by atoms with E-state index in [0.717, 1.165) is 12.8 Å². The topological polar surface area (TPSA) is 102 Å². The number of carbonyl (C=O) groups excluding carboxylic acids is 2. The zero-order valence-corrected chi connectivity index (χ0v) is 19.9. The summed E-state index contributed by atoms with van der Waals surface area (Å²) in [5, 5.41) is 7.38. The third kappa shape index (κ3) is 5.36. The number of nitrogens with one attached hydrogen (secondary N) is 1. The summed E-state index contributed by atoms with van der Waals surface area (Å²) in [6, 6.07) is 3.73. The summed E-state index contributed by atoms with van der Waals surface area (Å²) in [4.78, 5) is 36.0. The molecule has 13 heteroatoms.